The van der Waals surface area contributed by atoms with Crippen molar-refractivity contribution in [3.63, 3.8) is 0 Å². The van der Waals surface area contributed by atoms with Crippen molar-refractivity contribution in [1.29, 1.82) is 0 Å². The lowest BCUT2D eigenvalue weighted by atomic mass is 9.95. The van der Waals surface area contributed by atoms with Gasteiger partial charge in [0.05, 0.1) is 0 Å². The van der Waals surface area contributed by atoms with Gasteiger partial charge in [-0.1, -0.05) is 6.08 Å². The molecule has 1 amide bonds. The molecule has 0 aliphatic heterocycles. The predicted molar refractivity (Wildman–Crippen MR) is 78.4 cm³/mol. The molecule has 0 atom stereocenters. The molecule has 18 heavy (non-hydrogen) atoms. The number of amides is 1. The van der Waals surface area contributed by atoms with E-state index in [9.17, 15) is 4.79 Å². The maximum absolute atomic E-state index is 10.9. The van der Waals surface area contributed by atoms with Gasteiger partial charge in [0, 0.05) is 16.7 Å². The fourth-order valence-corrected chi connectivity index (χ4v) is 2.35. The molecule has 0 unspecified atom stereocenters. The van der Waals surface area contributed by atoms with Gasteiger partial charge >= 0.3 is 0 Å². The molecule has 0 rings (SSSR count). The van der Waals surface area contributed by atoms with Crippen molar-refractivity contribution in [3.8, 4) is 0 Å². The number of nitrogens with two attached hydrogens (primary N) is 1. The predicted octanol–water partition coefficient (Wildman–Crippen LogP) is 3.10. The van der Waals surface area contributed by atoms with Crippen LogP contribution < -0.4 is 5.73 Å². The van der Waals surface area contributed by atoms with Crippen molar-refractivity contribution >= 4 is 5.91 Å². The van der Waals surface area contributed by atoms with Crippen molar-refractivity contribution in [2.24, 2.45) is 5.73 Å². The lowest BCUT2D eigenvalue weighted by Gasteiger charge is -2.45. The first kappa shape index (κ1) is 17.2. The third kappa shape index (κ3) is 6.20. The maximum Gasteiger partial charge on any atom is 0.244 e. The highest BCUT2D eigenvalue weighted by Crippen LogP contribution is 2.25. The lowest BCUT2D eigenvalue weighted by Crippen LogP contribution is -2.52. The summed E-state index contributed by atoms with van der Waals surface area (Å²) in [6.45, 7) is 16.2. The molecule has 2 N–H and O–H groups in total. The second kappa shape index (κ2) is 6.37. The molecule has 0 spiro atoms. The van der Waals surface area contributed by atoms with Crippen LogP contribution >= 0.6 is 0 Å². The molecule has 0 saturated carbocycles. The van der Waals surface area contributed by atoms with Crippen molar-refractivity contribution < 1.29 is 4.79 Å². The van der Waals surface area contributed by atoms with Crippen LogP contribution in [0, 0.1) is 0 Å². The smallest absolute Gasteiger partial charge is 0.244 e. The highest BCUT2D eigenvalue weighted by Gasteiger charge is 2.30. The molecule has 0 aromatic heterocycles. The fraction of sp³-hybridized carbons (Fsp3) is 0.800. The van der Waals surface area contributed by atoms with Gasteiger partial charge in [-0.2, -0.15) is 0 Å². The number of primary amides is 1. The minimum Gasteiger partial charge on any atom is -0.366 e. The summed E-state index contributed by atoms with van der Waals surface area (Å²) in [6.07, 6.45) is 3.88. The summed E-state index contributed by atoms with van der Waals surface area (Å²) in [7, 11) is 0. The summed E-state index contributed by atoms with van der Waals surface area (Å²) in [6, 6.07) is 0. The summed E-state index contributed by atoms with van der Waals surface area (Å²) in [5, 5.41) is 0. The summed E-state index contributed by atoms with van der Waals surface area (Å²) < 4.78 is 0. The van der Waals surface area contributed by atoms with E-state index in [0.29, 0.717) is 5.57 Å². The van der Waals surface area contributed by atoms with E-state index in [1.807, 2.05) is 6.08 Å². The number of nitrogens with zero attached hydrogens (tertiary/aromatic N) is 1. The van der Waals surface area contributed by atoms with Gasteiger partial charge < -0.3 is 5.73 Å². The molecule has 106 valence electrons. The second-order valence-electron chi connectivity index (χ2n) is 6.89. The van der Waals surface area contributed by atoms with Gasteiger partial charge in [-0.15, -0.1) is 0 Å². The minimum absolute atomic E-state index is 0.153. The Morgan fingerprint density at radius 1 is 1.11 bits per heavy atom. The van der Waals surface area contributed by atoms with E-state index < -0.39 is 0 Å². The molecule has 3 nitrogen and oxygen atoms in total. The molecule has 0 aromatic rings. The van der Waals surface area contributed by atoms with Gasteiger partial charge in [0.15, 0.2) is 0 Å². The van der Waals surface area contributed by atoms with Crippen molar-refractivity contribution in [3.05, 3.63) is 11.6 Å². The van der Waals surface area contributed by atoms with E-state index >= 15 is 0 Å². The number of unbranched alkanes of at least 4 members (excludes halogenated alkanes) is 1. The number of carbonyl (C=O) groups excluding carboxylic acids is 1. The van der Waals surface area contributed by atoms with Gasteiger partial charge in [0.2, 0.25) is 5.91 Å². The Bertz CT molecular complexity index is 291. The molecular formula is C15H30N2O. The Kier molecular flexibility index (Phi) is 6.08. The van der Waals surface area contributed by atoms with Crippen LogP contribution in [0.5, 0.6) is 0 Å². The first-order chi connectivity index (χ1) is 7.96. The third-order valence-corrected chi connectivity index (χ3v) is 3.04. The van der Waals surface area contributed by atoms with Crippen molar-refractivity contribution in [1.82, 2.24) is 4.90 Å². The summed E-state index contributed by atoms with van der Waals surface area (Å²) in [5.41, 5.74) is 6.17. The van der Waals surface area contributed by atoms with E-state index in [0.717, 1.165) is 19.4 Å². The topological polar surface area (TPSA) is 46.3 Å². The van der Waals surface area contributed by atoms with Crippen LogP contribution in [0.25, 0.3) is 0 Å². The average molecular weight is 254 g/mol. The number of allylic oxidation sites excluding steroid dienone is 1. The number of rotatable bonds is 5. The third-order valence-electron chi connectivity index (χ3n) is 3.04. The largest absolute Gasteiger partial charge is 0.366 e. The highest BCUT2D eigenvalue weighted by atomic mass is 16.1. The zero-order valence-electron chi connectivity index (χ0n) is 13.1. The van der Waals surface area contributed by atoms with E-state index in [1.165, 1.54) is 0 Å². The number of carbonyl (C=O) groups is 1. The highest BCUT2D eigenvalue weighted by molar-refractivity contribution is 5.91. The molecule has 0 fully saturated rings. The Morgan fingerprint density at radius 2 is 1.56 bits per heavy atom. The van der Waals surface area contributed by atoms with Crippen LogP contribution in [0.1, 0.15) is 61.3 Å². The van der Waals surface area contributed by atoms with Crippen LogP contribution in [0.15, 0.2) is 11.6 Å². The summed E-state index contributed by atoms with van der Waals surface area (Å²) >= 11 is 0. The summed E-state index contributed by atoms with van der Waals surface area (Å²) in [5.74, 6) is -0.321. The van der Waals surface area contributed by atoms with Gasteiger partial charge in [-0.25, -0.2) is 0 Å². The van der Waals surface area contributed by atoms with Gasteiger partial charge in [-0.3, -0.25) is 9.69 Å². The monoisotopic (exact) mass is 254 g/mol. The van der Waals surface area contributed by atoms with Gasteiger partial charge in [0.25, 0.3) is 0 Å². The number of hydrogen-bond acceptors (Lipinski definition) is 2. The molecule has 0 radical (unpaired) electrons. The van der Waals surface area contributed by atoms with Crippen LogP contribution in [0.4, 0.5) is 0 Å². The molecule has 3 heteroatoms. The Labute approximate surface area is 112 Å². The first-order valence-electron chi connectivity index (χ1n) is 6.70. The zero-order valence-corrected chi connectivity index (χ0v) is 13.1. The van der Waals surface area contributed by atoms with Crippen LogP contribution in [-0.2, 0) is 4.79 Å². The van der Waals surface area contributed by atoms with Crippen molar-refractivity contribution in [2.45, 2.75) is 72.4 Å². The molecule has 0 heterocycles. The molecule has 0 saturated heterocycles. The van der Waals surface area contributed by atoms with Crippen LogP contribution in [-0.4, -0.2) is 28.4 Å². The molecule has 0 aromatic carbocycles. The quantitative estimate of drug-likeness (QED) is 0.605. The average Bonchev–Trinajstić information content (AvgIpc) is 2.12. The molecule has 0 aliphatic carbocycles. The fourth-order valence-electron chi connectivity index (χ4n) is 2.35. The Morgan fingerprint density at radius 3 is 1.89 bits per heavy atom. The first-order valence-corrected chi connectivity index (χ1v) is 6.70. The summed E-state index contributed by atoms with van der Waals surface area (Å²) in [4.78, 5) is 13.4. The second-order valence-corrected chi connectivity index (χ2v) is 6.89. The maximum atomic E-state index is 10.9. The minimum atomic E-state index is -0.321. The Balaban J connectivity index is 4.41. The zero-order chi connectivity index (χ0) is 14.6. The van der Waals surface area contributed by atoms with E-state index in [1.54, 1.807) is 6.92 Å². The van der Waals surface area contributed by atoms with Crippen LogP contribution in [0.3, 0.4) is 0 Å². The van der Waals surface area contributed by atoms with Crippen LogP contribution in [0.2, 0.25) is 0 Å². The standard InChI is InChI=1S/C15H30N2O/c1-12(13(16)18)10-8-9-11-17(14(2,3)4)15(5,6)7/h10H,8-9,11H2,1-7H3,(H2,16,18). The molecule has 0 bridgehead atoms. The van der Waals surface area contributed by atoms with E-state index in [2.05, 4.69) is 46.4 Å². The van der Waals surface area contributed by atoms with Gasteiger partial charge in [-0.05, 0) is 67.9 Å². The lowest BCUT2D eigenvalue weighted by molar-refractivity contribution is -0.114. The molecular weight excluding hydrogens is 224 g/mol. The van der Waals surface area contributed by atoms with Gasteiger partial charge in [0.1, 0.15) is 0 Å². The van der Waals surface area contributed by atoms with Crippen molar-refractivity contribution in [2.75, 3.05) is 6.54 Å². The molecule has 0 aliphatic rings. The normalized spacial score (nSPS) is 14.1. The van der Waals surface area contributed by atoms with E-state index in [4.69, 9.17) is 5.73 Å². The number of hydrogen-bond donors (Lipinski definition) is 1. The SMILES string of the molecule is CC(=CCCCN(C(C)(C)C)C(C)(C)C)C(N)=O. The van der Waals surface area contributed by atoms with E-state index in [-0.39, 0.29) is 17.0 Å². The Hall–Kier alpha value is -0.830.